The van der Waals surface area contributed by atoms with E-state index in [0.717, 1.165) is 11.5 Å². The molecule has 0 aromatic carbocycles. The summed E-state index contributed by atoms with van der Waals surface area (Å²) in [5.41, 5.74) is -0.104. The molecule has 0 spiro atoms. The molecule has 0 amide bonds. The fourth-order valence-electron chi connectivity index (χ4n) is 0.540. The molecule has 0 bridgehead atoms. The van der Waals surface area contributed by atoms with Crippen molar-refractivity contribution in [1.29, 1.82) is 0 Å². The van der Waals surface area contributed by atoms with Crippen LogP contribution in [-0.2, 0) is 13.6 Å². The number of methoxy groups -OCH3 is 1. The first-order chi connectivity index (χ1) is 5.87. The molecule has 0 aromatic heterocycles. The van der Waals surface area contributed by atoms with E-state index in [4.69, 9.17) is 13.6 Å². The smallest absolute Gasteiger partial charge is 0.366 e. The first-order valence-corrected chi connectivity index (χ1v) is 5.50. The summed E-state index contributed by atoms with van der Waals surface area (Å²) in [6.45, 7) is 9.82. The van der Waals surface area contributed by atoms with Crippen LogP contribution < -0.4 is 0 Å². The first-order valence-electron chi connectivity index (χ1n) is 4.35. The highest BCUT2D eigenvalue weighted by Crippen LogP contribution is 2.08. The van der Waals surface area contributed by atoms with Crippen molar-refractivity contribution in [3.05, 3.63) is 11.5 Å². The summed E-state index contributed by atoms with van der Waals surface area (Å²) in [6, 6.07) is 0. The highest BCUT2D eigenvalue weighted by Gasteiger charge is 2.10. The van der Waals surface area contributed by atoms with E-state index in [1.807, 2.05) is 34.6 Å². The summed E-state index contributed by atoms with van der Waals surface area (Å²) in [5.74, 6) is 1.63. The first kappa shape index (κ1) is 12.5. The molecule has 0 saturated heterocycles. The molecule has 0 unspecified atom stereocenters. The summed E-state index contributed by atoms with van der Waals surface area (Å²) < 4.78 is 16.0. The highest BCUT2D eigenvalue weighted by molar-refractivity contribution is 6.18. The second-order valence-electron chi connectivity index (χ2n) is 3.84. The number of allylic oxidation sites excluding steroid dienone is 2. The maximum Gasteiger partial charge on any atom is 0.366 e. The van der Waals surface area contributed by atoms with Gasteiger partial charge in [-0.1, -0.05) is 0 Å². The molecule has 0 radical (unpaired) electrons. The lowest BCUT2D eigenvalue weighted by atomic mass is 10.2. The number of hydrogen-bond donors (Lipinski definition) is 0. The van der Waals surface area contributed by atoms with Crippen LogP contribution in [0.2, 0.25) is 0 Å². The average Bonchev–Trinajstić information content (AvgIpc) is 2.00. The van der Waals surface area contributed by atoms with E-state index in [1.54, 1.807) is 7.11 Å². The predicted molar refractivity (Wildman–Crippen MR) is 55.9 cm³/mol. The summed E-state index contributed by atoms with van der Waals surface area (Å²) >= 11 is 0. The lowest BCUT2D eigenvalue weighted by molar-refractivity contribution is 0.107. The van der Waals surface area contributed by atoms with Gasteiger partial charge in [0.05, 0.1) is 12.7 Å². The zero-order valence-electron chi connectivity index (χ0n) is 9.43. The number of rotatable bonds is 4. The van der Waals surface area contributed by atoms with Gasteiger partial charge in [0.25, 0.3) is 0 Å². The second kappa shape index (κ2) is 5.29. The Kier molecular flexibility index (Phi) is 5.09. The molecule has 13 heavy (non-hydrogen) atoms. The molecule has 4 heteroatoms. The Hall–Kier alpha value is -0.483. The molecule has 78 valence electrons. The molecular weight excluding hydrogens is 184 g/mol. The van der Waals surface area contributed by atoms with Gasteiger partial charge in [-0.2, -0.15) is 0 Å². The Balaban J connectivity index is 3.78. The minimum atomic E-state index is -0.930. The third-order valence-corrected chi connectivity index (χ3v) is 3.10. The van der Waals surface area contributed by atoms with Gasteiger partial charge >= 0.3 is 10.0 Å². The van der Waals surface area contributed by atoms with Crippen molar-refractivity contribution in [1.82, 2.24) is 0 Å². The van der Waals surface area contributed by atoms with Gasteiger partial charge in [0.15, 0.2) is 0 Å². The fourth-order valence-corrected chi connectivity index (χ4v) is 1.33. The molecule has 0 saturated carbocycles. The maximum absolute atomic E-state index is 5.52. The zero-order chi connectivity index (χ0) is 10.5. The van der Waals surface area contributed by atoms with Crippen molar-refractivity contribution in [2.24, 2.45) is 0 Å². The van der Waals surface area contributed by atoms with Crippen molar-refractivity contribution in [3.63, 3.8) is 0 Å². The van der Waals surface area contributed by atoms with Gasteiger partial charge in [-0.25, -0.2) is 0 Å². The minimum Gasteiger partial charge on any atom is -0.525 e. The lowest BCUT2D eigenvalue weighted by Crippen LogP contribution is -2.23. The standard InChI is InChI=1S/C9H20O3Si/c1-7(10-6)8(2)11-13-12-9(3,4)5/h13H2,1-6H3. The van der Waals surface area contributed by atoms with Crippen LogP contribution in [0.5, 0.6) is 0 Å². The van der Waals surface area contributed by atoms with Gasteiger partial charge in [0.1, 0.15) is 11.5 Å². The van der Waals surface area contributed by atoms with E-state index < -0.39 is 10.0 Å². The highest BCUT2D eigenvalue weighted by atomic mass is 28.3. The van der Waals surface area contributed by atoms with Gasteiger partial charge in [-0.05, 0) is 34.6 Å². The van der Waals surface area contributed by atoms with E-state index in [-0.39, 0.29) is 5.60 Å². The van der Waals surface area contributed by atoms with E-state index in [2.05, 4.69) is 0 Å². The third-order valence-electron chi connectivity index (χ3n) is 1.57. The maximum atomic E-state index is 5.52. The second-order valence-corrected chi connectivity index (χ2v) is 4.65. The zero-order valence-corrected chi connectivity index (χ0v) is 10.8. The fraction of sp³-hybridized carbons (Fsp3) is 0.778. The van der Waals surface area contributed by atoms with Crippen LogP contribution in [0, 0.1) is 0 Å². The third kappa shape index (κ3) is 6.66. The SMILES string of the molecule is COC(C)=C(C)O[SiH2]OC(C)(C)C. The van der Waals surface area contributed by atoms with Gasteiger partial charge in [-0.15, -0.1) is 0 Å². The monoisotopic (exact) mass is 204 g/mol. The Labute approximate surface area is 83.1 Å². The van der Waals surface area contributed by atoms with Crippen LogP contribution in [0.3, 0.4) is 0 Å². The van der Waals surface area contributed by atoms with Crippen LogP contribution in [0.4, 0.5) is 0 Å². The summed E-state index contributed by atoms with van der Waals surface area (Å²) in [7, 11) is 0.703. The van der Waals surface area contributed by atoms with E-state index in [0.29, 0.717) is 0 Å². The molecule has 0 rings (SSSR count). The molecular formula is C9H20O3Si. The van der Waals surface area contributed by atoms with Crippen molar-refractivity contribution in [2.45, 2.75) is 40.2 Å². The molecule has 0 fully saturated rings. The van der Waals surface area contributed by atoms with Crippen molar-refractivity contribution in [2.75, 3.05) is 7.11 Å². The van der Waals surface area contributed by atoms with Crippen LogP contribution in [0.1, 0.15) is 34.6 Å². The Bertz CT molecular complexity index is 182. The van der Waals surface area contributed by atoms with Gasteiger partial charge in [0.2, 0.25) is 0 Å². The summed E-state index contributed by atoms with van der Waals surface area (Å²) in [5, 5.41) is 0. The summed E-state index contributed by atoms with van der Waals surface area (Å²) in [4.78, 5) is 0. The van der Waals surface area contributed by atoms with Gasteiger partial charge in [-0.3, -0.25) is 0 Å². The van der Waals surface area contributed by atoms with Gasteiger partial charge < -0.3 is 13.6 Å². The van der Waals surface area contributed by atoms with E-state index >= 15 is 0 Å². The van der Waals surface area contributed by atoms with Crippen LogP contribution in [0.15, 0.2) is 11.5 Å². The van der Waals surface area contributed by atoms with Crippen molar-refractivity contribution in [3.8, 4) is 0 Å². The number of ether oxygens (including phenoxy) is 1. The van der Waals surface area contributed by atoms with Gasteiger partial charge in [0, 0.05) is 0 Å². The topological polar surface area (TPSA) is 27.7 Å². The molecule has 0 aliphatic heterocycles. The summed E-state index contributed by atoms with van der Waals surface area (Å²) in [6.07, 6.45) is 0. The molecule has 0 atom stereocenters. The predicted octanol–water partition coefficient (Wildman–Crippen LogP) is 1.71. The van der Waals surface area contributed by atoms with E-state index in [1.165, 1.54) is 0 Å². The van der Waals surface area contributed by atoms with Crippen LogP contribution in [-0.4, -0.2) is 22.7 Å². The molecule has 0 heterocycles. The van der Waals surface area contributed by atoms with Crippen LogP contribution in [0.25, 0.3) is 0 Å². The molecule has 0 N–H and O–H groups in total. The lowest BCUT2D eigenvalue weighted by Gasteiger charge is -2.20. The molecule has 3 nitrogen and oxygen atoms in total. The quantitative estimate of drug-likeness (QED) is 0.515. The molecule has 0 aliphatic carbocycles. The normalized spacial score (nSPS) is 14.6. The molecule has 0 aliphatic rings. The average molecular weight is 204 g/mol. The molecule has 0 aromatic rings. The van der Waals surface area contributed by atoms with Crippen molar-refractivity contribution < 1.29 is 13.6 Å². The van der Waals surface area contributed by atoms with E-state index in [9.17, 15) is 0 Å². The largest absolute Gasteiger partial charge is 0.525 e. The Morgan fingerprint density at radius 3 is 2.00 bits per heavy atom. The Morgan fingerprint density at radius 2 is 1.62 bits per heavy atom. The van der Waals surface area contributed by atoms with Crippen LogP contribution >= 0.6 is 0 Å². The van der Waals surface area contributed by atoms with Crippen molar-refractivity contribution >= 4 is 10.0 Å². The number of hydrogen-bond acceptors (Lipinski definition) is 3. The Morgan fingerprint density at radius 1 is 1.08 bits per heavy atom. The minimum absolute atomic E-state index is 0.104.